The van der Waals surface area contributed by atoms with Crippen LogP contribution in [0, 0.1) is 0 Å². The van der Waals surface area contributed by atoms with E-state index in [9.17, 15) is 4.79 Å². The Morgan fingerprint density at radius 3 is 2.41 bits per heavy atom. The summed E-state index contributed by atoms with van der Waals surface area (Å²) < 4.78 is 5.84. The van der Waals surface area contributed by atoms with E-state index < -0.39 is 6.09 Å². The minimum Gasteiger partial charge on any atom is -0.429 e. The van der Waals surface area contributed by atoms with E-state index in [-0.39, 0.29) is 0 Å². The zero-order chi connectivity index (χ0) is 12.1. The predicted octanol–water partition coefficient (Wildman–Crippen LogP) is 1.83. The van der Waals surface area contributed by atoms with Gasteiger partial charge in [-0.15, -0.1) is 0 Å². The summed E-state index contributed by atoms with van der Waals surface area (Å²) in [7, 11) is 0. The average molecular weight is 230 g/mol. The summed E-state index contributed by atoms with van der Waals surface area (Å²) in [5, 5.41) is 9.40. The van der Waals surface area contributed by atoms with Crippen LogP contribution in [0.3, 0.4) is 0 Å². The number of para-hydroxylation sites is 1. The number of amides is 1. The summed E-state index contributed by atoms with van der Waals surface area (Å²) in [4.78, 5) is 15.1. The van der Waals surface area contributed by atoms with E-state index in [1.165, 1.54) is 24.5 Å². The van der Waals surface area contributed by atoms with Crippen LogP contribution in [0.4, 0.5) is 4.79 Å². The van der Waals surface area contributed by atoms with Crippen molar-refractivity contribution >= 4 is 6.09 Å². The summed E-state index contributed by atoms with van der Waals surface area (Å²) in [6.07, 6.45) is 2.04. The first-order chi connectivity index (χ1) is 8.24. The lowest BCUT2D eigenvalue weighted by Crippen LogP contribution is -2.10. The molecule has 1 heterocycles. The number of rotatable bonds is 1. The molecule has 2 aromatic rings. The molecule has 1 N–H and O–H groups in total. The van der Waals surface area contributed by atoms with Crippen molar-refractivity contribution in [2.75, 3.05) is 0 Å². The Kier molecular flexibility index (Phi) is 3.20. The van der Waals surface area contributed by atoms with Crippen LogP contribution >= 0.6 is 0 Å². The topological polar surface area (TPSA) is 63.8 Å². The van der Waals surface area contributed by atoms with E-state index in [1.807, 2.05) is 6.07 Å². The number of aromatic nitrogens is 1. The first-order valence-corrected chi connectivity index (χ1v) is 4.93. The van der Waals surface area contributed by atoms with E-state index in [1.54, 1.807) is 24.3 Å². The second-order valence-corrected chi connectivity index (χ2v) is 3.23. The number of carbonyl (C=O) groups excluding carboxylic acids is 1. The Hall–Kier alpha value is -2.56. The van der Waals surface area contributed by atoms with Crippen LogP contribution in [0.2, 0.25) is 0 Å². The fraction of sp³-hybridized carbons (Fsp3) is 0. The third-order valence-corrected chi connectivity index (χ3v) is 1.96. The molecule has 86 valence electrons. The van der Waals surface area contributed by atoms with Gasteiger partial charge in [-0.1, -0.05) is 18.2 Å². The Morgan fingerprint density at radius 1 is 1.12 bits per heavy atom. The van der Waals surface area contributed by atoms with Gasteiger partial charge >= 0.3 is 6.09 Å². The molecule has 17 heavy (non-hydrogen) atoms. The second-order valence-electron chi connectivity index (χ2n) is 3.23. The van der Waals surface area contributed by atoms with Crippen molar-refractivity contribution in [2.24, 2.45) is 4.99 Å². The summed E-state index contributed by atoms with van der Waals surface area (Å²) in [5.74, 6) is 0.439. The van der Waals surface area contributed by atoms with Gasteiger partial charge in [-0.3, -0.25) is 0 Å². The lowest BCUT2D eigenvalue weighted by Gasteiger charge is -1.99. The van der Waals surface area contributed by atoms with Gasteiger partial charge in [0.15, 0.2) is 0 Å². The Labute approximate surface area is 97.2 Å². The van der Waals surface area contributed by atoms with E-state index in [4.69, 9.17) is 9.94 Å². The smallest absolute Gasteiger partial charge is 0.429 e. The number of pyridine rings is 1. The number of benzene rings is 1. The van der Waals surface area contributed by atoms with Gasteiger partial charge in [-0.05, 0) is 24.3 Å². The molecule has 1 amide bonds. The quantitative estimate of drug-likeness (QED) is 0.760. The molecule has 0 aliphatic rings. The summed E-state index contributed by atoms with van der Waals surface area (Å²) in [5.41, 5.74) is 0. The van der Waals surface area contributed by atoms with Crippen LogP contribution in [0.1, 0.15) is 0 Å². The van der Waals surface area contributed by atoms with Crippen molar-refractivity contribution in [3.05, 3.63) is 60.2 Å². The highest BCUT2D eigenvalue weighted by Crippen LogP contribution is 2.08. The molecule has 0 aliphatic heterocycles. The first-order valence-electron chi connectivity index (χ1n) is 4.93. The minimum absolute atomic E-state index is 0.413. The summed E-state index contributed by atoms with van der Waals surface area (Å²) in [6, 6.07) is 11.7. The number of nitrogens with zero attached hydrogens (tertiary/aromatic N) is 2. The molecule has 0 saturated carbocycles. The Balaban J connectivity index is 2.12. The summed E-state index contributed by atoms with van der Waals surface area (Å²) >= 11 is 0. The third kappa shape index (κ3) is 3.20. The van der Waals surface area contributed by atoms with Crippen molar-refractivity contribution in [3.63, 3.8) is 0 Å². The molecule has 0 atom stereocenters. The number of hydrogen-bond acceptors (Lipinski definition) is 3. The number of carbonyl (C=O) groups is 1. The van der Waals surface area contributed by atoms with Crippen molar-refractivity contribution in [2.45, 2.75) is 0 Å². The molecular weight excluding hydrogens is 220 g/mol. The SMILES string of the molecule is O=C(N=c1ccn(O)cc1)Oc1ccccc1. The highest BCUT2D eigenvalue weighted by molar-refractivity contribution is 5.71. The predicted molar refractivity (Wildman–Crippen MR) is 59.6 cm³/mol. The third-order valence-electron chi connectivity index (χ3n) is 1.96. The van der Waals surface area contributed by atoms with Crippen molar-refractivity contribution < 1.29 is 14.7 Å². The fourth-order valence-corrected chi connectivity index (χ4v) is 1.20. The van der Waals surface area contributed by atoms with Crippen LogP contribution in [-0.2, 0) is 0 Å². The molecule has 0 spiro atoms. The van der Waals surface area contributed by atoms with E-state index >= 15 is 0 Å². The van der Waals surface area contributed by atoms with Crippen LogP contribution in [0.5, 0.6) is 5.75 Å². The highest BCUT2D eigenvalue weighted by Gasteiger charge is 2.00. The molecule has 0 saturated heterocycles. The molecule has 0 aliphatic carbocycles. The zero-order valence-corrected chi connectivity index (χ0v) is 8.85. The van der Waals surface area contributed by atoms with Crippen LogP contribution in [-0.4, -0.2) is 16.0 Å². The summed E-state index contributed by atoms with van der Waals surface area (Å²) in [6.45, 7) is 0. The second kappa shape index (κ2) is 4.98. The van der Waals surface area contributed by atoms with Crippen molar-refractivity contribution in [1.82, 2.24) is 4.73 Å². The number of hydrogen-bond donors (Lipinski definition) is 1. The zero-order valence-electron chi connectivity index (χ0n) is 8.85. The lowest BCUT2D eigenvalue weighted by molar-refractivity contribution is 0.184. The Morgan fingerprint density at radius 2 is 1.76 bits per heavy atom. The molecule has 0 radical (unpaired) electrons. The fourth-order valence-electron chi connectivity index (χ4n) is 1.20. The maximum Gasteiger partial charge on any atom is 0.439 e. The van der Waals surface area contributed by atoms with Gasteiger partial charge in [-0.2, -0.15) is 4.99 Å². The van der Waals surface area contributed by atoms with Gasteiger partial charge in [0.1, 0.15) is 5.75 Å². The molecule has 5 nitrogen and oxygen atoms in total. The minimum atomic E-state index is -0.702. The van der Waals surface area contributed by atoms with Gasteiger partial charge in [-0.25, -0.2) is 9.52 Å². The Bertz CT molecular complexity index is 555. The standard InChI is InChI=1S/C12H10N2O3/c15-12(17-11-4-2-1-3-5-11)13-10-6-8-14(16)9-7-10/h1-9,16H. The van der Waals surface area contributed by atoms with Crippen molar-refractivity contribution in [3.8, 4) is 5.75 Å². The highest BCUT2D eigenvalue weighted by atomic mass is 16.5. The average Bonchev–Trinajstić information content (AvgIpc) is 2.33. The number of ether oxygens (including phenoxy) is 1. The molecule has 0 fully saturated rings. The van der Waals surface area contributed by atoms with Crippen LogP contribution in [0.25, 0.3) is 0 Å². The van der Waals surface area contributed by atoms with Crippen LogP contribution < -0.4 is 10.1 Å². The van der Waals surface area contributed by atoms with Gasteiger partial charge in [0.05, 0.1) is 5.36 Å². The maximum atomic E-state index is 11.4. The first kappa shape index (κ1) is 10.9. The molecule has 0 unspecified atom stereocenters. The molecule has 0 bridgehead atoms. The lowest BCUT2D eigenvalue weighted by atomic mass is 10.3. The van der Waals surface area contributed by atoms with Gasteiger partial charge in [0.2, 0.25) is 0 Å². The maximum absolute atomic E-state index is 11.4. The van der Waals surface area contributed by atoms with Crippen molar-refractivity contribution in [1.29, 1.82) is 0 Å². The molecule has 1 aromatic heterocycles. The normalized spacial score (nSPS) is 9.65. The van der Waals surface area contributed by atoms with Gasteiger partial charge < -0.3 is 9.94 Å². The largest absolute Gasteiger partial charge is 0.439 e. The van der Waals surface area contributed by atoms with E-state index in [0.717, 1.165) is 4.73 Å². The van der Waals surface area contributed by atoms with Gasteiger partial charge in [0.25, 0.3) is 0 Å². The van der Waals surface area contributed by atoms with Crippen LogP contribution in [0.15, 0.2) is 59.9 Å². The van der Waals surface area contributed by atoms with Gasteiger partial charge in [0, 0.05) is 12.4 Å². The molecule has 2 rings (SSSR count). The van der Waals surface area contributed by atoms with E-state index in [0.29, 0.717) is 11.1 Å². The molecule has 1 aromatic carbocycles. The molecular formula is C12H10N2O3. The monoisotopic (exact) mass is 230 g/mol. The molecule has 5 heteroatoms. The van der Waals surface area contributed by atoms with E-state index in [2.05, 4.69) is 4.99 Å².